The van der Waals surface area contributed by atoms with Gasteiger partial charge in [-0.1, -0.05) is 6.42 Å². The fraction of sp³-hybridized carbons (Fsp3) is 0.333. The number of amides is 2. The van der Waals surface area contributed by atoms with Crippen LogP contribution >= 0.6 is 0 Å². The smallest absolute Gasteiger partial charge is 0.354 e. The Balaban J connectivity index is 1.54. The number of nitrogens with one attached hydrogen (secondary N) is 3. The average Bonchev–Trinajstić information content (AvgIpc) is 2.81. The molecule has 0 saturated carbocycles. The third kappa shape index (κ3) is 5.69. The number of aromatic nitrogens is 2. The highest BCUT2D eigenvalue weighted by molar-refractivity contribution is 7.89. The van der Waals surface area contributed by atoms with Crippen LogP contribution in [-0.2, 0) is 14.8 Å². The van der Waals surface area contributed by atoms with Crippen LogP contribution in [0.15, 0.2) is 35.5 Å². The van der Waals surface area contributed by atoms with Gasteiger partial charge < -0.3 is 11.1 Å². The maximum absolute atomic E-state index is 12.7. The van der Waals surface area contributed by atoms with Crippen molar-refractivity contribution in [3.05, 3.63) is 46.3 Å². The number of nitrogens with two attached hydrogens (primary N) is 1. The maximum atomic E-state index is 12.7. The van der Waals surface area contributed by atoms with E-state index in [1.54, 1.807) is 0 Å². The van der Waals surface area contributed by atoms with E-state index >= 15 is 0 Å². The number of sulfonamides is 1. The minimum atomic E-state index is -3.61. The summed E-state index contributed by atoms with van der Waals surface area (Å²) in [6, 6.07) is 5.41. The molecular formula is C18H22N8O6S. The van der Waals surface area contributed by atoms with Crippen molar-refractivity contribution >= 4 is 39.2 Å². The van der Waals surface area contributed by atoms with E-state index in [0.29, 0.717) is 13.1 Å². The van der Waals surface area contributed by atoms with Gasteiger partial charge in [-0.3, -0.25) is 30.6 Å². The van der Waals surface area contributed by atoms with Crippen LogP contribution < -0.4 is 21.9 Å². The number of nitrogens with zero attached hydrogens (tertiary/aromatic N) is 4. The van der Waals surface area contributed by atoms with Gasteiger partial charge in [0, 0.05) is 18.7 Å². The summed E-state index contributed by atoms with van der Waals surface area (Å²) in [7, 11) is -3.61. The van der Waals surface area contributed by atoms with E-state index in [1.807, 2.05) is 0 Å². The summed E-state index contributed by atoms with van der Waals surface area (Å²) in [6.07, 6.45) is 3.61. The quantitative estimate of drug-likeness (QED) is 0.296. The summed E-state index contributed by atoms with van der Waals surface area (Å²) in [4.78, 5) is 41.7. The number of rotatable bonds is 8. The molecule has 33 heavy (non-hydrogen) atoms. The maximum Gasteiger partial charge on any atom is 0.354 e. The molecule has 2 aromatic rings. The van der Waals surface area contributed by atoms with Crippen molar-refractivity contribution in [3.8, 4) is 0 Å². The van der Waals surface area contributed by atoms with Crippen LogP contribution in [-0.4, -0.2) is 59.1 Å². The molecule has 0 radical (unpaired) electrons. The molecule has 1 aliphatic heterocycles. The standard InChI is InChI=1S/C18H22N8O6S/c19-16-15(26(29)30)17(22-11-21-16)24-23-14(27)10-20-18(28)12-4-6-13(7-5-12)33(31,32)25-8-2-1-3-9-25/h4-7,11H,1-3,8-10H2,(H,20,28)(H,23,27)(H3,19,21,22,24). The minimum Gasteiger partial charge on any atom is -0.378 e. The lowest BCUT2D eigenvalue weighted by Crippen LogP contribution is -2.39. The van der Waals surface area contributed by atoms with Crippen molar-refractivity contribution in [1.29, 1.82) is 0 Å². The third-order valence-corrected chi connectivity index (χ3v) is 6.75. The van der Waals surface area contributed by atoms with E-state index in [2.05, 4.69) is 26.1 Å². The molecule has 1 saturated heterocycles. The van der Waals surface area contributed by atoms with E-state index in [1.165, 1.54) is 28.6 Å². The fourth-order valence-corrected chi connectivity index (χ4v) is 4.65. The second-order valence-corrected chi connectivity index (χ2v) is 9.00. The molecule has 15 heteroatoms. The summed E-state index contributed by atoms with van der Waals surface area (Å²) in [5.41, 5.74) is 9.39. The van der Waals surface area contributed by atoms with Crippen molar-refractivity contribution < 1.29 is 22.9 Å². The molecule has 1 fully saturated rings. The molecule has 1 aromatic carbocycles. The Bertz CT molecular complexity index is 1150. The number of anilines is 2. The number of carbonyl (C=O) groups excluding carboxylic acids is 2. The zero-order valence-corrected chi connectivity index (χ0v) is 18.2. The van der Waals surface area contributed by atoms with Crippen LogP contribution in [0.4, 0.5) is 17.3 Å². The predicted molar refractivity (Wildman–Crippen MR) is 116 cm³/mol. The first-order valence-corrected chi connectivity index (χ1v) is 11.3. The summed E-state index contributed by atoms with van der Waals surface area (Å²) in [5, 5.41) is 13.4. The first kappa shape index (κ1) is 23.8. The van der Waals surface area contributed by atoms with Gasteiger partial charge in [0.1, 0.15) is 6.33 Å². The number of hydrazine groups is 1. The predicted octanol–water partition coefficient (Wildman–Crippen LogP) is 0.0147. The molecule has 0 atom stereocenters. The average molecular weight is 478 g/mol. The monoisotopic (exact) mass is 478 g/mol. The van der Waals surface area contributed by atoms with Gasteiger partial charge in [0.25, 0.3) is 11.8 Å². The Hall–Kier alpha value is -3.85. The Kier molecular flexibility index (Phi) is 7.34. The summed E-state index contributed by atoms with van der Waals surface area (Å²) in [5.74, 6) is -2.04. The van der Waals surface area contributed by atoms with Gasteiger partial charge in [-0.25, -0.2) is 18.4 Å². The molecule has 0 spiro atoms. The molecule has 0 bridgehead atoms. The highest BCUT2D eigenvalue weighted by Crippen LogP contribution is 2.25. The van der Waals surface area contributed by atoms with Crippen molar-refractivity contribution in [1.82, 2.24) is 25.0 Å². The van der Waals surface area contributed by atoms with E-state index < -0.39 is 39.0 Å². The number of carbonyl (C=O) groups is 2. The number of hydrogen-bond donors (Lipinski definition) is 4. The van der Waals surface area contributed by atoms with Gasteiger partial charge in [-0.05, 0) is 37.1 Å². The van der Waals surface area contributed by atoms with Crippen LogP contribution in [0.2, 0.25) is 0 Å². The molecule has 3 rings (SSSR count). The fourth-order valence-electron chi connectivity index (χ4n) is 3.13. The van der Waals surface area contributed by atoms with Gasteiger partial charge >= 0.3 is 5.69 Å². The Morgan fingerprint density at radius 1 is 1.12 bits per heavy atom. The van der Waals surface area contributed by atoms with E-state index in [4.69, 9.17) is 5.73 Å². The lowest BCUT2D eigenvalue weighted by Gasteiger charge is -2.25. The van der Waals surface area contributed by atoms with Crippen LogP contribution in [0.5, 0.6) is 0 Å². The number of nitro groups is 1. The van der Waals surface area contributed by atoms with Crippen LogP contribution in [0, 0.1) is 10.1 Å². The molecule has 2 amide bonds. The van der Waals surface area contributed by atoms with Gasteiger partial charge in [0.2, 0.25) is 21.7 Å². The lowest BCUT2D eigenvalue weighted by atomic mass is 10.2. The molecule has 1 aliphatic rings. The summed E-state index contributed by atoms with van der Waals surface area (Å²) < 4.78 is 26.8. The largest absolute Gasteiger partial charge is 0.378 e. The molecule has 176 valence electrons. The van der Waals surface area contributed by atoms with Crippen LogP contribution in [0.25, 0.3) is 0 Å². The molecule has 1 aromatic heterocycles. The van der Waals surface area contributed by atoms with E-state index in [0.717, 1.165) is 25.6 Å². The van der Waals surface area contributed by atoms with Crippen LogP contribution in [0.1, 0.15) is 29.6 Å². The Morgan fingerprint density at radius 3 is 2.42 bits per heavy atom. The van der Waals surface area contributed by atoms with Gasteiger partial charge in [-0.15, -0.1) is 0 Å². The van der Waals surface area contributed by atoms with E-state index in [9.17, 15) is 28.1 Å². The number of hydrogen-bond acceptors (Lipinski definition) is 10. The molecule has 2 heterocycles. The zero-order chi connectivity index (χ0) is 24.0. The normalized spacial score (nSPS) is 14.3. The van der Waals surface area contributed by atoms with E-state index in [-0.39, 0.29) is 22.1 Å². The summed E-state index contributed by atoms with van der Waals surface area (Å²) >= 11 is 0. The lowest BCUT2D eigenvalue weighted by molar-refractivity contribution is -0.383. The second kappa shape index (κ2) is 10.2. The molecule has 5 N–H and O–H groups in total. The van der Waals surface area contributed by atoms with Gasteiger partial charge in [-0.2, -0.15) is 4.31 Å². The van der Waals surface area contributed by atoms with Crippen molar-refractivity contribution in [2.24, 2.45) is 0 Å². The third-order valence-electron chi connectivity index (χ3n) is 4.83. The molecule has 14 nitrogen and oxygen atoms in total. The first-order chi connectivity index (χ1) is 15.7. The van der Waals surface area contributed by atoms with Crippen molar-refractivity contribution in [3.63, 3.8) is 0 Å². The second-order valence-electron chi connectivity index (χ2n) is 7.06. The van der Waals surface area contributed by atoms with Gasteiger partial charge in [0.05, 0.1) is 16.4 Å². The number of benzene rings is 1. The molecular weight excluding hydrogens is 456 g/mol. The zero-order valence-electron chi connectivity index (χ0n) is 17.4. The number of nitrogen functional groups attached to an aromatic ring is 1. The van der Waals surface area contributed by atoms with Crippen molar-refractivity contribution in [2.45, 2.75) is 24.2 Å². The Labute approximate surface area is 188 Å². The highest BCUT2D eigenvalue weighted by Gasteiger charge is 2.26. The minimum absolute atomic E-state index is 0.0913. The molecule has 0 aliphatic carbocycles. The van der Waals surface area contributed by atoms with Crippen LogP contribution in [0.3, 0.4) is 0 Å². The summed E-state index contributed by atoms with van der Waals surface area (Å²) in [6.45, 7) is 0.477. The van der Waals surface area contributed by atoms with Gasteiger partial charge in [0.15, 0.2) is 0 Å². The SMILES string of the molecule is Nc1ncnc(NNC(=O)CNC(=O)c2ccc(S(=O)(=O)N3CCCCC3)cc2)c1[N+](=O)[O-]. The first-order valence-electron chi connectivity index (χ1n) is 9.88. The Morgan fingerprint density at radius 2 is 1.79 bits per heavy atom. The number of piperidine rings is 1. The highest BCUT2D eigenvalue weighted by atomic mass is 32.2. The molecule has 0 unspecified atom stereocenters. The topological polar surface area (TPSA) is 203 Å². The van der Waals surface area contributed by atoms with Crippen molar-refractivity contribution in [2.75, 3.05) is 30.8 Å².